The summed E-state index contributed by atoms with van der Waals surface area (Å²) in [4.78, 5) is 33.2. The molecule has 0 spiro atoms. The van der Waals surface area contributed by atoms with Crippen LogP contribution in [0.2, 0.25) is 0 Å². The average Bonchev–Trinajstić information content (AvgIpc) is 3.29. The van der Waals surface area contributed by atoms with E-state index in [9.17, 15) is 14.7 Å². The van der Waals surface area contributed by atoms with Gasteiger partial charge in [0.15, 0.2) is 5.13 Å². The van der Waals surface area contributed by atoms with Gasteiger partial charge in [-0.1, -0.05) is 12.1 Å². The Morgan fingerprint density at radius 1 is 1.06 bits per heavy atom. The maximum absolute atomic E-state index is 13.2. The first kappa shape index (κ1) is 22.5. The summed E-state index contributed by atoms with van der Waals surface area (Å²) in [5, 5.41) is 11.6. The Hall–Kier alpha value is -3.65. The lowest BCUT2D eigenvalue weighted by molar-refractivity contribution is -0.132. The van der Waals surface area contributed by atoms with Crippen LogP contribution in [0.3, 0.4) is 0 Å². The summed E-state index contributed by atoms with van der Waals surface area (Å²) in [5.74, 6) is -0.437. The van der Waals surface area contributed by atoms with Crippen molar-refractivity contribution < 1.29 is 24.2 Å². The van der Waals surface area contributed by atoms with Gasteiger partial charge in [0.25, 0.3) is 5.78 Å². The van der Waals surface area contributed by atoms with Crippen molar-refractivity contribution in [1.29, 1.82) is 0 Å². The molecular weight excluding hydrogens is 440 g/mol. The van der Waals surface area contributed by atoms with E-state index in [0.29, 0.717) is 34.4 Å². The van der Waals surface area contributed by atoms with Gasteiger partial charge in [-0.25, -0.2) is 4.98 Å². The van der Waals surface area contributed by atoms with Crippen LogP contribution in [0.15, 0.2) is 54.1 Å². The van der Waals surface area contributed by atoms with Crippen molar-refractivity contribution in [3.05, 3.63) is 75.8 Å². The molecule has 170 valence electrons. The first-order chi connectivity index (χ1) is 15.8. The van der Waals surface area contributed by atoms with Gasteiger partial charge in [-0.2, -0.15) is 0 Å². The smallest absolute Gasteiger partial charge is 0.301 e. The van der Waals surface area contributed by atoms with Crippen LogP contribution in [0.5, 0.6) is 11.5 Å². The van der Waals surface area contributed by atoms with Crippen LogP contribution < -0.4 is 14.4 Å². The summed E-state index contributed by atoms with van der Waals surface area (Å²) in [6.07, 6.45) is 0. The summed E-state index contributed by atoms with van der Waals surface area (Å²) in [6, 6.07) is 13.0. The van der Waals surface area contributed by atoms with Gasteiger partial charge in [-0.05, 0) is 62.7 Å². The third-order valence-corrected chi connectivity index (χ3v) is 6.61. The van der Waals surface area contributed by atoms with Gasteiger partial charge in [-0.15, -0.1) is 11.3 Å². The lowest BCUT2D eigenvalue weighted by atomic mass is 9.95. The maximum Gasteiger partial charge on any atom is 0.301 e. The summed E-state index contributed by atoms with van der Waals surface area (Å²) < 4.78 is 10.7. The molecule has 3 aromatic rings. The molecule has 2 aromatic carbocycles. The number of thiazole rings is 1. The lowest BCUT2D eigenvalue weighted by Gasteiger charge is -2.23. The number of rotatable bonds is 6. The number of aliphatic hydroxyl groups is 1. The Labute approximate surface area is 195 Å². The van der Waals surface area contributed by atoms with Gasteiger partial charge >= 0.3 is 5.91 Å². The molecule has 0 saturated carbocycles. The lowest BCUT2D eigenvalue weighted by Crippen LogP contribution is -2.29. The topological polar surface area (TPSA) is 89.0 Å². The molecule has 1 saturated heterocycles. The molecule has 0 aliphatic carbocycles. The van der Waals surface area contributed by atoms with Crippen molar-refractivity contribution in [2.45, 2.75) is 26.8 Å². The van der Waals surface area contributed by atoms with Crippen molar-refractivity contribution in [3.8, 4) is 11.5 Å². The van der Waals surface area contributed by atoms with Crippen molar-refractivity contribution in [3.63, 3.8) is 0 Å². The van der Waals surface area contributed by atoms with E-state index >= 15 is 0 Å². The fourth-order valence-electron chi connectivity index (χ4n) is 3.72. The van der Waals surface area contributed by atoms with Crippen molar-refractivity contribution in [2.24, 2.45) is 0 Å². The summed E-state index contributed by atoms with van der Waals surface area (Å²) in [7, 11) is 1.56. The fourth-order valence-corrected chi connectivity index (χ4v) is 4.66. The Morgan fingerprint density at radius 2 is 1.70 bits per heavy atom. The molecule has 1 aliphatic rings. The van der Waals surface area contributed by atoms with Crippen LogP contribution in [0.25, 0.3) is 5.76 Å². The van der Waals surface area contributed by atoms with Crippen molar-refractivity contribution in [1.82, 2.24) is 4.98 Å². The first-order valence-corrected chi connectivity index (χ1v) is 11.3. The van der Waals surface area contributed by atoms with Gasteiger partial charge in [0.05, 0.1) is 31.0 Å². The molecule has 8 heteroatoms. The minimum atomic E-state index is -0.826. The van der Waals surface area contributed by atoms with Crippen LogP contribution in [0.4, 0.5) is 5.13 Å². The number of anilines is 1. The van der Waals surface area contributed by atoms with Crippen LogP contribution in [-0.4, -0.2) is 35.5 Å². The Bertz CT molecular complexity index is 1210. The number of amides is 1. The SMILES string of the molecule is CCOc1ccc(C(O)=C2C(=O)C(=O)N(c3nc(C)c(C)s3)[C@H]2c2ccc(OC)cc2)cc1. The number of carbonyl (C=O) groups is 2. The van der Waals surface area contributed by atoms with Gasteiger partial charge < -0.3 is 14.6 Å². The molecule has 4 rings (SSSR count). The number of Topliss-reactive ketones (excluding diaryl/α,β-unsaturated/α-hetero) is 1. The standard InChI is InChI=1S/C25H24N2O5S/c1-5-32-19-12-8-17(9-13-19)22(28)20-21(16-6-10-18(31-4)11-7-16)27(24(30)23(20)29)25-26-14(2)15(3)33-25/h6-13,21,28H,5H2,1-4H3/t21-/m0/s1. The highest BCUT2D eigenvalue weighted by Gasteiger charge is 2.48. The van der Waals surface area contributed by atoms with E-state index in [0.717, 1.165) is 10.6 Å². The first-order valence-electron chi connectivity index (χ1n) is 10.5. The van der Waals surface area contributed by atoms with Gasteiger partial charge in [-0.3, -0.25) is 14.5 Å². The number of nitrogens with zero attached hydrogens (tertiary/aromatic N) is 2. The van der Waals surface area contributed by atoms with E-state index in [-0.39, 0.29) is 11.3 Å². The van der Waals surface area contributed by atoms with E-state index in [1.165, 1.54) is 16.2 Å². The second-order valence-corrected chi connectivity index (χ2v) is 8.72. The summed E-state index contributed by atoms with van der Waals surface area (Å²) in [5.41, 5.74) is 1.88. The number of aliphatic hydroxyl groups excluding tert-OH is 1. The van der Waals surface area contributed by atoms with Crippen LogP contribution >= 0.6 is 11.3 Å². The number of hydrogen-bond acceptors (Lipinski definition) is 7. The molecular formula is C25H24N2O5S. The molecule has 2 heterocycles. The molecule has 1 aromatic heterocycles. The number of hydrogen-bond donors (Lipinski definition) is 1. The maximum atomic E-state index is 13.2. The molecule has 0 radical (unpaired) electrons. The number of ketones is 1. The van der Waals surface area contributed by atoms with Gasteiger partial charge in [0, 0.05) is 10.4 Å². The minimum Gasteiger partial charge on any atom is -0.507 e. The predicted octanol–water partition coefficient (Wildman–Crippen LogP) is 4.79. The van der Waals surface area contributed by atoms with Crippen LogP contribution in [0.1, 0.15) is 34.7 Å². The van der Waals surface area contributed by atoms with Crippen LogP contribution in [0, 0.1) is 13.8 Å². The van der Waals surface area contributed by atoms with E-state index in [2.05, 4.69) is 4.98 Å². The highest BCUT2D eigenvalue weighted by Crippen LogP contribution is 2.44. The molecule has 0 bridgehead atoms. The second kappa shape index (κ2) is 9.07. The molecule has 1 amide bonds. The minimum absolute atomic E-state index is 0.0137. The monoisotopic (exact) mass is 464 g/mol. The number of aryl methyl sites for hydroxylation is 2. The van der Waals surface area contributed by atoms with E-state index in [1.54, 1.807) is 55.6 Å². The van der Waals surface area contributed by atoms with Gasteiger partial charge in [0.1, 0.15) is 17.3 Å². The molecule has 7 nitrogen and oxygen atoms in total. The van der Waals surface area contributed by atoms with Crippen molar-refractivity contribution in [2.75, 3.05) is 18.6 Å². The highest BCUT2D eigenvalue weighted by molar-refractivity contribution is 7.16. The molecule has 1 atom stereocenters. The Kier molecular flexibility index (Phi) is 6.20. The number of carbonyl (C=O) groups excluding carboxylic acids is 2. The Morgan fingerprint density at radius 3 is 2.24 bits per heavy atom. The predicted molar refractivity (Wildman–Crippen MR) is 127 cm³/mol. The number of ether oxygens (including phenoxy) is 2. The van der Waals surface area contributed by atoms with E-state index in [1.807, 2.05) is 20.8 Å². The Balaban J connectivity index is 1.88. The molecule has 0 unspecified atom stereocenters. The summed E-state index contributed by atoms with van der Waals surface area (Å²) in [6.45, 7) is 6.16. The molecule has 1 N–H and O–H groups in total. The number of methoxy groups -OCH3 is 1. The largest absolute Gasteiger partial charge is 0.507 e. The molecule has 1 fully saturated rings. The highest BCUT2D eigenvalue weighted by atomic mass is 32.1. The summed E-state index contributed by atoms with van der Waals surface area (Å²) >= 11 is 1.34. The van der Waals surface area contributed by atoms with Crippen LogP contribution in [-0.2, 0) is 9.59 Å². The zero-order chi connectivity index (χ0) is 23.7. The fraction of sp³-hybridized carbons (Fsp3) is 0.240. The zero-order valence-corrected chi connectivity index (χ0v) is 19.6. The second-order valence-electron chi connectivity index (χ2n) is 7.54. The zero-order valence-electron chi connectivity index (χ0n) is 18.8. The average molecular weight is 465 g/mol. The number of benzene rings is 2. The normalized spacial score (nSPS) is 17.5. The molecule has 33 heavy (non-hydrogen) atoms. The quantitative estimate of drug-likeness (QED) is 0.320. The number of aromatic nitrogens is 1. The van der Waals surface area contributed by atoms with E-state index < -0.39 is 17.7 Å². The van der Waals surface area contributed by atoms with Gasteiger partial charge in [0.2, 0.25) is 0 Å². The molecule has 1 aliphatic heterocycles. The van der Waals surface area contributed by atoms with Crippen molar-refractivity contribution >= 4 is 33.9 Å². The third-order valence-electron chi connectivity index (χ3n) is 5.54. The van der Waals surface area contributed by atoms with E-state index in [4.69, 9.17) is 9.47 Å². The third kappa shape index (κ3) is 4.09.